The fraction of sp³-hybridized carbons (Fsp3) is 1.00. The van der Waals surface area contributed by atoms with Gasteiger partial charge in [0.1, 0.15) is 0 Å². The summed E-state index contributed by atoms with van der Waals surface area (Å²) in [5, 5.41) is 3.56. The van der Waals surface area contributed by atoms with Crippen molar-refractivity contribution in [1.29, 1.82) is 0 Å². The molecule has 1 aliphatic carbocycles. The minimum atomic E-state index is 0.968. The van der Waals surface area contributed by atoms with Gasteiger partial charge in [-0.3, -0.25) is 0 Å². The van der Waals surface area contributed by atoms with E-state index < -0.39 is 0 Å². The highest BCUT2D eigenvalue weighted by Gasteiger charge is 2.32. The molecule has 0 aromatic rings. The molecule has 1 saturated carbocycles. The zero-order valence-corrected chi connectivity index (χ0v) is 11.2. The van der Waals surface area contributed by atoms with Gasteiger partial charge in [0.15, 0.2) is 0 Å². The maximum atomic E-state index is 3.56. The molecule has 0 aromatic carbocycles. The van der Waals surface area contributed by atoms with E-state index >= 15 is 0 Å². The van der Waals surface area contributed by atoms with Crippen LogP contribution in [0, 0.1) is 17.8 Å². The maximum absolute atomic E-state index is 3.56. The highest BCUT2D eigenvalue weighted by molar-refractivity contribution is 4.88. The van der Waals surface area contributed by atoms with Crippen molar-refractivity contribution in [1.82, 2.24) is 10.2 Å². The minimum Gasteiger partial charge on any atom is -0.316 e. The second-order valence-corrected chi connectivity index (χ2v) is 6.56. The first-order valence-corrected chi connectivity index (χ1v) is 7.85. The van der Waals surface area contributed by atoms with Gasteiger partial charge in [-0.2, -0.15) is 0 Å². The van der Waals surface area contributed by atoms with Crippen LogP contribution in [0.5, 0.6) is 0 Å². The average Bonchev–Trinajstić information content (AvgIpc) is 2.85. The van der Waals surface area contributed by atoms with Gasteiger partial charge in [-0.25, -0.2) is 0 Å². The molecule has 0 radical (unpaired) electrons. The fourth-order valence-electron chi connectivity index (χ4n) is 4.15. The smallest absolute Gasteiger partial charge is 0.00249 e. The number of likely N-dealkylation sites (tertiary alicyclic amines) is 1. The van der Waals surface area contributed by atoms with E-state index in [0.717, 1.165) is 17.8 Å². The molecule has 0 bridgehead atoms. The van der Waals surface area contributed by atoms with Crippen molar-refractivity contribution in [2.24, 2.45) is 17.8 Å². The summed E-state index contributed by atoms with van der Waals surface area (Å²) in [6.45, 7) is 6.71. The van der Waals surface area contributed by atoms with E-state index in [0.29, 0.717) is 0 Å². The summed E-state index contributed by atoms with van der Waals surface area (Å²) in [7, 11) is 0. The minimum absolute atomic E-state index is 0.968. The van der Waals surface area contributed by atoms with Gasteiger partial charge in [-0.15, -0.1) is 0 Å². The third-order valence-corrected chi connectivity index (χ3v) is 5.37. The standard InChI is InChI=1S/C15H28N2/c1-2-4-13(5-3-1)6-8-17-9-7-14-10-16-11-15(14)12-17/h13-16H,1-12H2. The molecule has 2 atom stereocenters. The first-order valence-electron chi connectivity index (χ1n) is 7.85. The SMILES string of the molecule is C1CCC(CCN2CCC3CNCC3C2)CC1. The van der Waals surface area contributed by atoms with E-state index in [1.807, 2.05) is 0 Å². The number of rotatable bonds is 3. The Balaban J connectivity index is 1.40. The number of fused-ring (bicyclic) bond motifs is 1. The Kier molecular flexibility index (Phi) is 4.02. The molecule has 0 spiro atoms. The lowest BCUT2D eigenvalue weighted by atomic mass is 9.85. The fourth-order valence-corrected chi connectivity index (χ4v) is 4.15. The van der Waals surface area contributed by atoms with Crippen LogP contribution in [0.1, 0.15) is 44.9 Å². The molecule has 3 aliphatic rings. The second kappa shape index (κ2) is 5.71. The molecule has 17 heavy (non-hydrogen) atoms. The lowest BCUT2D eigenvalue weighted by molar-refractivity contribution is 0.136. The largest absolute Gasteiger partial charge is 0.316 e. The molecule has 2 nitrogen and oxygen atoms in total. The molecule has 2 unspecified atom stereocenters. The van der Waals surface area contributed by atoms with Crippen LogP contribution in [0.3, 0.4) is 0 Å². The van der Waals surface area contributed by atoms with E-state index in [4.69, 9.17) is 0 Å². The first-order chi connectivity index (χ1) is 8.42. The molecular weight excluding hydrogens is 208 g/mol. The van der Waals surface area contributed by atoms with Gasteiger partial charge in [0.05, 0.1) is 0 Å². The van der Waals surface area contributed by atoms with Crippen LogP contribution in [-0.2, 0) is 0 Å². The van der Waals surface area contributed by atoms with Crippen LogP contribution < -0.4 is 5.32 Å². The Morgan fingerprint density at radius 1 is 0.941 bits per heavy atom. The molecular formula is C15H28N2. The van der Waals surface area contributed by atoms with Crippen LogP contribution in [-0.4, -0.2) is 37.6 Å². The summed E-state index contributed by atoms with van der Waals surface area (Å²) in [5.41, 5.74) is 0. The predicted molar refractivity (Wildman–Crippen MR) is 72.1 cm³/mol. The van der Waals surface area contributed by atoms with Gasteiger partial charge >= 0.3 is 0 Å². The van der Waals surface area contributed by atoms with Crippen molar-refractivity contribution in [3.05, 3.63) is 0 Å². The van der Waals surface area contributed by atoms with Crippen LogP contribution in [0.2, 0.25) is 0 Å². The molecule has 2 aliphatic heterocycles. The van der Waals surface area contributed by atoms with E-state index in [9.17, 15) is 0 Å². The molecule has 0 aromatic heterocycles. The monoisotopic (exact) mass is 236 g/mol. The lowest BCUT2D eigenvalue weighted by Crippen LogP contribution is -2.40. The molecule has 2 saturated heterocycles. The summed E-state index contributed by atoms with van der Waals surface area (Å²) >= 11 is 0. The third-order valence-electron chi connectivity index (χ3n) is 5.37. The van der Waals surface area contributed by atoms with Crippen molar-refractivity contribution in [2.75, 3.05) is 32.7 Å². The summed E-state index contributed by atoms with van der Waals surface area (Å²) in [6.07, 6.45) is 10.4. The molecule has 0 amide bonds. The summed E-state index contributed by atoms with van der Waals surface area (Å²) in [6, 6.07) is 0. The van der Waals surface area contributed by atoms with Gasteiger partial charge in [-0.1, -0.05) is 32.1 Å². The van der Waals surface area contributed by atoms with Crippen molar-refractivity contribution in [2.45, 2.75) is 44.9 Å². The van der Waals surface area contributed by atoms with Gasteiger partial charge < -0.3 is 10.2 Å². The summed E-state index contributed by atoms with van der Waals surface area (Å²) in [5.74, 6) is 3.03. The van der Waals surface area contributed by atoms with Gasteiger partial charge in [0, 0.05) is 6.54 Å². The number of nitrogens with one attached hydrogen (secondary N) is 1. The quantitative estimate of drug-likeness (QED) is 0.810. The van der Waals surface area contributed by atoms with Crippen molar-refractivity contribution in [3.63, 3.8) is 0 Å². The highest BCUT2D eigenvalue weighted by Crippen LogP contribution is 2.29. The number of hydrogen-bond acceptors (Lipinski definition) is 2. The summed E-state index contributed by atoms with van der Waals surface area (Å²) < 4.78 is 0. The Bertz CT molecular complexity index is 235. The van der Waals surface area contributed by atoms with Gasteiger partial charge in [0.2, 0.25) is 0 Å². The normalized spacial score (nSPS) is 36.0. The average molecular weight is 236 g/mol. The van der Waals surface area contributed by atoms with E-state index in [1.54, 1.807) is 0 Å². The molecule has 98 valence electrons. The molecule has 2 heterocycles. The van der Waals surface area contributed by atoms with Crippen LogP contribution in [0.15, 0.2) is 0 Å². The van der Waals surface area contributed by atoms with Crippen LogP contribution >= 0.6 is 0 Å². The molecule has 1 N–H and O–H groups in total. The molecule has 2 heteroatoms. The lowest BCUT2D eigenvalue weighted by Gasteiger charge is -2.35. The maximum Gasteiger partial charge on any atom is 0.00249 e. The van der Waals surface area contributed by atoms with E-state index in [2.05, 4.69) is 10.2 Å². The zero-order valence-electron chi connectivity index (χ0n) is 11.2. The summed E-state index contributed by atoms with van der Waals surface area (Å²) in [4.78, 5) is 2.75. The second-order valence-electron chi connectivity index (χ2n) is 6.56. The van der Waals surface area contributed by atoms with Crippen molar-refractivity contribution in [3.8, 4) is 0 Å². The van der Waals surface area contributed by atoms with Crippen molar-refractivity contribution >= 4 is 0 Å². The Hall–Kier alpha value is -0.0800. The first kappa shape index (κ1) is 12.0. The topological polar surface area (TPSA) is 15.3 Å². The van der Waals surface area contributed by atoms with Crippen LogP contribution in [0.4, 0.5) is 0 Å². The number of piperidine rings is 1. The van der Waals surface area contributed by atoms with Crippen molar-refractivity contribution < 1.29 is 0 Å². The predicted octanol–water partition coefficient (Wildman–Crippen LogP) is 2.50. The van der Waals surface area contributed by atoms with Gasteiger partial charge in [0.25, 0.3) is 0 Å². The molecule has 3 fully saturated rings. The van der Waals surface area contributed by atoms with Gasteiger partial charge in [-0.05, 0) is 56.8 Å². The Morgan fingerprint density at radius 2 is 1.76 bits per heavy atom. The van der Waals surface area contributed by atoms with E-state index in [1.165, 1.54) is 77.7 Å². The highest BCUT2D eigenvalue weighted by atomic mass is 15.1. The van der Waals surface area contributed by atoms with Crippen LogP contribution in [0.25, 0.3) is 0 Å². The Morgan fingerprint density at radius 3 is 2.65 bits per heavy atom. The zero-order chi connectivity index (χ0) is 11.5. The number of nitrogens with zero attached hydrogens (tertiary/aromatic N) is 1. The third kappa shape index (κ3) is 3.03. The molecule has 3 rings (SSSR count). The Labute approximate surface area is 106 Å². The van der Waals surface area contributed by atoms with E-state index in [-0.39, 0.29) is 0 Å². The number of hydrogen-bond donors (Lipinski definition) is 1.